The number of carbonyl (C=O) groups is 3. The second-order valence-electron chi connectivity index (χ2n) is 13.4. The SMILES string of the molecule is CNC(=O)C(CCC=O)N1Cc2c(SCCCCCCN(C)CC3(C)CC4CC(C)CC(C4)C3)cccc2C1=O. The van der Waals surface area contributed by atoms with Crippen molar-refractivity contribution in [3.63, 3.8) is 0 Å². The summed E-state index contributed by atoms with van der Waals surface area (Å²) in [5, 5.41) is 2.65. The van der Waals surface area contributed by atoms with Crippen LogP contribution in [0.2, 0.25) is 0 Å². The molecule has 2 saturated carbocycles. The second kappa shape index (κ2) is 14.4. The highest BCUT2D eigenvalue weighted by Crippen LogP contribution is 2.50. The maximum Gasteiger partial charge on any atom is 0.255 e. The molecule has 0 saturated heterocycles. The van der Waals surface area contributed by atoms with E-state index in [9.17, 15) is 14.4 Å². The molecule has 1 aliphatic heterocycles. The number of rotatable bonds is 15. The molecular weight excluding hydrogens is 518 g/mol. The summed E-state index contributed by atoms with van der Waals surface area (Å²) in [6.45, 7) is 7.87. The van der Waals surface area contributed by atoms with E-state index >= 15 is 0 Å². The molecule has 2 bridgehead atoms. The molecule has 4 rings (SSSR count). The highest BCUT2D eigenvalue weighted by atomic mass is 32.2. The Hall–Kier alpha value is -1.86. The topological polar surface area (TPSA) is 69.7 Å². The number of thioether (sulfide) groups is 1. The first kappa shape index (κ1) is 31.1. The average Bonchev–Trinajstić information content (AvgIpc) is 3.23. The number of likely N-dealkylation sites (N-methyl/N-ethyl adjacent to an activating group) is 1. The van der Waals surface area contributed by atoms with E-state index in [1.807, 2.05) is 23.9 Å². The molecule has 0 aromatic heterocycles. The molecule has 1 aromatic rings. The third-order valence-corrected chi connectivity index (χ3v) is 10.7. The Morgan fingerprint density at radius 2 is 1.90 bits per heavy atom. The molecule has 2 amide bonds. The molecule has 222 valence electrons. The molecule has 2 aliphatic carbocycles. The van der Waals surface area contributed by atoms with Crippen LogP contribution in [-0.4, -0.2) is 66.9 Å². The zero-order chi connectivity index (χ0) is 28.7. The van der Waals surface area contributed by atoms with Gasteiger partial charge in [0.05, 0.1) is 0 Å². The van der Waals surface area contributed by atoms with Crippen molar-refractivity contribution in [2.45, 2.75) is 102 Å². The summed E-state index contributed by atoms with van der Waals surface area (Å²) in [5.74, 6) is 3.57. The van der Waals surface area contributed by atoms with Crippen LogP contribution >= 0.6 is 11.8 Å². The third kappa shape index (κ3) is 7.90. The molecule has 0 radical (unpaired) electrons. The lowest BCUT2D eigenvalue weighted by Gasteiger charge is -2.48. The summed E-state index contributed by atoms with van der Waals surface area (Å²) in [5.41, 5.74) is 2.22. The number of nitrogens with one attached hydrogen (secondary N) is 1. The maximum absolute atomic E-state index is 13.1. The van der Waals surface area contributed by atoms with Crippen LogP contribution in [0.25, 0.3) is 0 Å². The normalized spacial score (nSPS) is 26.6. The van der Waals surface area contributed by atoms with Gasteiger partial charge in [-0.05, 0) is 112 Å². The number of unbranched alkanes of at least 4 members (excludes halogenated alkanes) is 3. The van der Waals surface area contributed by atoms with Gasteiger partial charge in [0.15, 0.2) is 0 Å². The highest BCUT2D eigenvalue weighted by molar-refractivity contribution is 7.99. The minimum Gasteiger partial charge on any atom is -0.357 e. The molecule has 1 heterocycles. The van der Waals surface area contributed by atoms with Crippen molar-refractivity contribution in [2.75, 3.05) is 32.9 Å². The number of nitrogens with zero attached hydrogens (tertiary/aromatic N) is 2. The predicted octanol–water partition coefficient (Wildman–Crippen LogP) is 6.17. The van der Waals surface area contributed by atoms with E-state index in [4.69, 9.17) is 0 Å². The molecule has 3 unspecified atom stereocenters. The molecule has 2 fully saturated rings. The Morgan fingerprint density at radius 3 is 2.60 bits per heavy atom. The first-order valence-electron chi connectivity index (χ1n) is 15.6. The molecule has 1 aromatic carbocycles. The molecule has 7 heteroatoms. The highest BCUT2D eigenvalue weighted by Gasteiger charge is 2.41. The fourth-order valence-corrected chi connectivity index (χ4v) is 9.21. The van der Waals surface area contributed by atoms with Crippen molar-refractivity contribution in [1.29, 1.82) is 0 Å². The van der Waals surface area contributed by atoms with Crippen LogP contribution in [0.15, 0.2) is 23.1 Å². The minimum absolute atomic E-state index is 0.110. The smallest absolute Gasteiger partial charge is 0.255 e. The van der Waals surface area contributed by atoms with Crippen molar-refractivity contribution in [3.8, 4) is 0 Å². The predicted molar refractivity (Wildman–Crippen MR) is 163 cm³/mol. The Balaban J connectivity index is 1.17. The monoisotopic (exact) mass is 569 g/mol. The van der Waals surface area contributed by atoms with Gasteiger partial charge in [0.2, 0.25) is 5.91 Å². The summed E-state index contributed by atoms with van der Waals surface area (Å²) < 4.78 is 0. The van der Waals surface area contributed by atoms with Crippen LogP contribution in [0.1, 0.15) is 100 Å². The zero-order valence-electron chi connectivity index (χ0n) is 25.3. The van der Waals surface area contributed by atoms with Crippen molar-refractivity contribution in [2.24, 2.45) is 23.2 Å². The van der Waals surface area contributed by atoms with Crippen LogP contribution in [0, 0.1) is 23.2 Å². The van der Waals surface area contributed by atoms with Gasteiger partial charge in [-0.3, -0.25) is 9.59 Å². The number of benzene rings is 1. The summed E-state index contributed by atoms with van der Waals surface area (Å²) in [6, 6.07) is 5.28. The Morgan fingerprint density at radius 1 is 1.18 bits per heavy atom. The van der Waals surface area contributed by atoms with E-state index in [1.54, 1.807) is 11.9 Å². The lowest BCUT2D eigenvalue weighted by atomic mass is 9.59. The standard InChI is InChI=1S/C33H51N3O3S/c1-24-17-25-19-26(18-24)21-33(2,20-25)23-35(4)14-7-5-6-8-16-40-30-13-9-11-27-28(30)22-36(32(27)39)29(12-10-15-37)31(38)34-3/h9,11,13,15,24-26,29H,5-8,10,12,14,16-23H2,1-4H3,(H,34,38). The van der Waals surface area contributed by atoms with Crippen molar-refractivity contribution in [3.05, 3.63) is 29.3 Å². The van der Waals surface area contributed by atoms with E-state index in [0.717, 1.165) is 46.7 Å². The summed E-state index contributed by atoms with van der Waals surface area (Å²) in [6.07, 6.45) is 13.6. The third-order valence-electron chi connectivity index (χ3n) is 9.48. The average molecular weight is 570 g/mol. The molecule has 1 N–H and O–H groups in total. The lowest BCUT2D eigenvalue weighted by Crippen LogP contribution is -2.46. The summed E-state index contributed by atoms with van der Waals surface area (Å²) in [7, 11) is 3.90. The molecule has 3 aliphatic rings. The van der Waals surface area contributed by atoms with Gasteiger partial charge >= 0.3 is 0 Å². The quantitative estimate of drug-likeness (QED) is 0.155. The number of aldehydes is 1. The first-order chi connectivity index (χ1) is 19.2. The minimum atomic E-state index is -0.616. The lowest BCUT2D eigenvalue weighted by molar-refractivity contribution is -0.125. The van der Waals surface area contributed by atoms with E-state index < -0.39 is 6.04 Å². The fraction of sp³-hybridized carbons (Fsp3) is 0.727. The van der Waals surface area contributed by atoms with Gasteiger partial charge in [-0.2, -0.15) is 0 Å². The molecule has 3 atom stereocenters. The largest absolute Gasteiger partial charge is 0.357 e. The summed E-state index contributed by atoms with van der Waals surface area (Å²) in [4.78, 5) is 41.9. The Labute approximate surface area is 246 Å². The van der Waals surface area contributed by atoms with Gasteiger partial charge in [0, 0.05) is 37.0 Å². The molecule has 6 nitrogen and oxygen atoms in total. The van der Waals surface area contributed by atoms with Crippen molar-refractivity contribution >= 4 is 29.9 Å². The van der Waals surface area contributed by atoms with Crippen LogP contribution in [0.3, 0.4) is 0 Å². The number of carbonyl (C=O) groups excluding carboxylic acids is 3. The number of hydrogen-bond donors (Lipinski definition) is 1. The first-order valence-corrected chi connectivity index (χ1v) is 16.6. The van der Waals surface area contributed by atoms with Gasteiger partial charge in [0.25, 0.3) is 5.91 Å². The zero-order valence-corrected chi connectivity index (χ0v) is 26.1. The van der Waals surface area contributed by atoms with Crippen LogP contribution in [0.4, 0.5) is 0 Å². The number of amides is 2. The molecule has 40 heavy (non-hydrogen) atoms. The second-order valence-corrected chi connectivity index (χ2v) is 14.5. The van der Waals surface area contributed by atoms with Crippen molar-refractivity contribution < 1.29 is 14.4 Å². The number of hydrogen-bond acceptors (Lipinski definition) is 5. The van der Waals surface area contributed by atoms with Gasteiger partial charge < -0.3 is 19.9 Å². The van der Waals surface area contributed by atoms with E-state index in [2.05, 4.69) is 37.2 Å². The Kier molecular flexibility index (Phi) is 11.2. The van der Waals surface area contributed by atoms with Crippen LogP contribution < -0.4 is 5.32 Å². The van der Waals surface area contributed by atoms with Crippen LogP contribution in [-0.2, 0) is 16.1 Å². The fourth-order valence-electron chi connectivity index (χ4n) is 8.12. The Bertz CT molecular complexity index is 1010. The van der Waals surface area contributed by atoms with Gasteiger partial charge in [-0.15, -0.1) is 11.8 Å². The van der Waals surface area contributed by atoms with Crippen molar-refractivity contribution in [1.82, 2.24) is 15.1 Å². The van der Waals surface area contributed by atoms with E-state index in [0.29, 0.717) is 23.9 Å². The molecular formula is C33H51N3O3S. The van der Waals surface area contributed by atoms with Gasteiger partial charge in [0.1, 0.15) is 12.3 Å². The van der Waals surface area contributed by atoms with E-state index in [1.165, 1.54) is 64.5 Å². The molecule has 0 spiro atoms. The maximum atomic E-state index is 13.1. The summed E-state index contributed by atoms with van der Waals surface area (Å²) >= 11 is 1.82. The van der Waals surface area contributed by atoms with Gasteiger partial charge in [-0.25, -0.2) is 0 Å². The van der Waals surface area contributed by atoms with E-state index in [-0.39, 0.29) is 18.2 Å². The van der Waals surface area contributed by atoms with Crippen LogP contribution in [0.5, 0.6) is 0 Å². The van der Waals surface area contributed by atoms with Gasteiger partial charge in [-0.1, -0.05) is 32.8 Å². The number of fused-ring (bicyclic) bond motifs is 3.